The number of hydrogen-bond acceptors (Lipinski definition) is 5. The fraction of sp³-hybridized carbons (Fsp3) is 0.333. The Kier molecular flexibility index (Phi) is 6.44. The highest BCUT2D eigenvalue weighted by Crippen LogP contribution is 2.26. The smallest absolute Gasteiger partial charge is 0.293 e. The number of rotatable bonds is 6. The number of nitrogens with one attached hydrogen (secondary N) is 3. The Balaban J connectivity index is 1.60. The molecule has 6 nitrogen and oxygen atoms in total. The summed E-state index contributed by atoms with van der Waals surface area (Å²) in [6.45, 7) is 3.12. The van der Waals surface area contributed by atoms with Gasteiger partial charge in [-0.2, -0.15) is 0 Å². The Hall–Kier alpha value is -3.12. The van der Waals surface area contributed by atoms with Gasteiger partial charge in [-0.25, -0.2) is 0 Å². The zero-order valence-electron chi connectivity index (χ0n) is 17.1. The first-order valence-corrected chi connectivity index (χ1v) is 10.5. The lowest BCUT2D eigenvalue weighted by Gasteiger charge is -2.32. The molecule has 1 heterocycles. The number of benzene rings is 2. The third-order valence-electron chi connectivity index (χ3n) is 5.65. The maximum Gasteiger partial charge on any atom is 0.293 e. The molecular weight excluding hydrogens is 376 g/mol. The first-order valence-electron chi connectivity index (χ1n) is 10.5. The highest BCUT2D eigenvalue weighted by molar-refractivity contribution is 6.05. The molecular formula is C24H28N4O2. The van der Waals surface area contributed by atoms with Crippen LogP contribution in [0.2, 0.25) is 0 Å². The topological polar surface area (TPSA) is 77.5 Å². The zero-order chi connectivity index (χ0) is 20.8. The van der Waals surface area contributed by atoms with Crippen LogP contribution in [0.25, 0.3) is 0 Å². The summed E-state index contributed by atoms with van der Waals surface area (Å²) in [6, 6.07) is 17.8. The van der Waals surface area contributed by atoms with Gasteiger partial charge in [0.15, 0.2) is 0 Å². The van der Waals surface area contributed by atoms with Crippen molar-refractivity contribution in [1.29, 1.82) is 5.41 Å². The molecule has 1 fully saturated rings. The number of carbonyl (C=O) groups is 1. The summed E-state index contributed by atoms with van der Waals surface area (Å²) in [5, 5.41) is 14.3. The maximum atomic E-state index is 13.2. The Bertz CT molecular complexity index is 920. The summed E-state index contributed by atoms with van der Waals surface area (Å²) in [4.78, 5) is 15.3. The number of aryl methyl sites for hydroxylation is 1. The number of allylic oxidation sites excluding steroid dienone is 1. The minimum Gasteiger partial charge on any atom is -0.483 e. The zero-order valence-corrected chi connectivity index (χ0v) is 17.1. The predicted molar refractivity (Wildman–Crippen MR) is 119 cm³/mol. The van der Waals surface area contributed by atoms with E-state index in [1.165, 1.54) is 17.3 Å². The number of fused-ring (bicyclic) bond motifs is 1. The highest BCUT2D eigenvalue weighted by atomic mass is 16.5. The van der Waals surface area contributed by atoms with Gasteiger partial charge in [0, 0.05) is 44.5 Å². The molecule has 3 N–H and O–H groups in total. The van der Waals surface area contributed by atoms with Crippen LogP contribution in [0, 0.1) is 5.41 Å². The lowest BCUT2D eigenvalue weighted by molar-refractivity contribution is -0.117. The van der Waals surface area contributed by atoms with Crippen molar-refractivity contribution in [2.75, 3.05) is 31.5 Å². The SMILES string of the molecule is N=C/C(=C(/OC1CCc2ccccc2C1)C(=O)Nc1ccccc1)N1CCNCC1. The second kappa shape index (κ2) is 9.59. The summed E-state index contributed by atoms with van der Waals surface area (Å²) in [5.41, 5.74) is 3.88. The Labute approximate surface area is 177 Å². The van der Waals surface area contributed by atoms with Crippen molar-refractivity contribution >= 4 is 17.8 Å². The highest BCUT2D eigenvalue weighted by Gasteiger charge is 2.27. The molecule has 30 heavy (non-hydrogen) atoms. The van der Waals surface area contributed by atoms with Gasteiger partial charge < -0.3 is 25.7 Å². The molecule has 0 aromatic heterocycles. The van der Waals surface area contributed by atoms with Crippen LogP contribution in [-0.2, 0) is 22.4 Å². The molecule has 1 aliphatic carbocycles. The van der Waals surface area contributed by atoms with Crippen molar-refractivity contribution in [2.24, 2.45) is 0 Å². The van der Waals surface area contributed by atoms with Crippen LogP contribution in [0.15, 0.2) is 66.1 Å². The lowest BCUT2D eigenvalue weighted by atomic mass is 9.90. The van der Waals surface area contributed by atoms with Crippen molar-refractivity contribution in [2.45, 2.75) is 25.4 Å². The van der Waals surface area contributed by atoms with E-state index in [4.69, 9.17) is 10.1 Å². The maximum absolute atomic E-state index is 13.2. The molecule has 0 bridgehead atoms. The van der Waals surface area contributed by atoms with Gasteiger partial charge in [0.25, 0.3) is 5.91 Å². The van der Waals surface area contributed by atoms with Gasteiger partial charge in [-0.15, -0.1) is 0 Å². The molecule has 156 valence electrons. The lowest BCUT2D eigenvalue weighted by Crippen LogP contribution is -2.44. The van der Waals surface area contributed by atoms with Crippen molar-refractivity contribution in [3.8, 4) is 0 Å². The Morgan fingerprint density at radius 3 is 2.50 bits per heavy atom. The summed E-state index contributed by atoms with van der Waals surface area (Å²) in [6.07, 6.45) is 3.72. The average Bonchev–Trinajstić information content (AvgIpc) is 2.80. The van der Waals surface area contributed by atoms with Gasteiger partial charge in [0.05, 0.1) is 0 Å². The fourth-order valence-electron chi connectivity index (χ4n) is 4.08. The Morgan fingerprint density at radius 1 is 1.07 bits per heavy atom. The molecule has 0 saturated carbocycles. The van der Waals surface area contributed by atoms with E-state index in [-0.39, 0.29) is 17.8 Å². The summed E-state index contributed by atoms with van der Waals surface area (Å²) in [7, 11) is 0. The molecule has 2 aliphatic rings. The van der Waals surface area contributed by atoms with Gasteiger partial charge in [-0.1, -0.05) is 42.5 Å². The van der Waals surface area contributed by atoms with E-state index in [1.807, 2.05) is 36.4 Å². The van der Waals surface area contributed by atoms with Gasteiger partial charge in [-0.05, 0) is 36.1 Å². The minimum atomic E-state index is -0.308. The van der Waals surface area contributed by atoms with E-state index < -0.39 is 0 Å². The second-order valence-electron chi connectivity index (χ2n) is 7.67. The molecule has 1 unspecified atom stereocenters. The summed E-state index contributed by atoms with van der Waals surface area (Å²) < 4.78 is 6.34. The van der Waals surface area contributed by atoms with Gasteiger partial charge in [0.2, 0.25) is 5.76 Å². The van der Waals surface area contributed by atoms with E-state index in [9.17, 15) is 4.79 Å². The quantitative estimate of drug-likeness (QED) is 0.393. The first-order chi connectivity index (χ1) is 14.7. The number of nitrogens with zero attached hydrogens (tertiary/aromatic N) is 1. The van der Waals surface area contributed by atoms with Crippen LogP contribution in [0.5, 0.6) is 0 Å². The standard InChI is InChI=1S/C24H28N4O2/c25-17-22(28-14-12-26-13-15-28)23(24(29)27-20-8-2-1-3-9-20)30-21-11-10-18-6-4-5-7-19(18)16-21/h1-9,17,21,25-26H,10-16H2,(H,27,29)/b23-22-,25-17?. The molecule has 0 radical (unpaired) electrons. The molecule has 1 saturated heterocycles. The van der Waals surface area contributed by atoms with Crippen LogP contribution in [0.3, 0.4) is 0 Å². The molecule has 2 aromatic rings. The first kappa shape index (κ1) is 20.2. The molecule has 1 amide bonds. The van der Waals surface area contributed by atoms with Crippen LogP contribution in [0.4, 0.5) is 5.69 Å². The summed E-state index contributed by atoms with van der Waals surface area (Å²) >= 11 is 0. The van der Waals surface area contributed by atoms with E-state index in [1.54, 1.807) is 0 Å². The fourth-order valence-corrected chi connectivity index (χ4v) is 4.08. The number of carbonyl (C=O) groups excluding carboxylic acids is 1. The van der Waals surface area contributed by atoms with Crippen molar-refractivity contribution in [3.05, 3.63) is 77.2 Å². The molecule has 2 aromatic carbocycles. The number of hydrogen-bond donors (Lipinski definition) is 3. The van der Waals surface area contributed by atoms with Crippen LogP contribution >= 0.6 is 0 Å². The van der Waals surface area contributed by atoms with Crippen molar-refractivity contribution < 1.29 is 9.53 Å². The van der Waals surface area contributed by atoms with E-state index >= 15 is 0 Å². The normalized spacial score (nSPS) is 19.3. The number of ether oxygens (including phenoxy) is 1. The number of para-hydroxylation sites is 1. The summed E-state index contributed by atoms with van der Waals surface area (Å²) in [5.74, 6) is -0.0720. The number of anilines is 1. The molecule has 6 heteroatoms. The predicted octanol–water partition coefficient (Wildman–Crippen LogP) is 2.97. The van der Waals surface area contributed by atoms with Crippen molar-refractivity contribution in [1.82, 2.24) is 10.2 Å². The Morgan fingerprint density at radius 2 is 1.77 bits per heavy atom. The number of piperazine rings is 1. The monoisotopic (exact) mass is 404 g/mol. The third kappa shape index (κ3) is 4.71. The van der Waals surface area contributed by atoms with Gasteiger partial charge >= 0.3 is 0 Å². The molecule has 1 atom stereocenters. The average molecular weight is 405 g/mol. The van der Waals surface area contributed by atoms with Crippen LogP contribution in [-0.4, -0.2) is 49.3 Å². The number of amides is 1. The molecule has 4 rings (SSSR count). The van der Waals surface area contributed by atoms with Gasteiger partial charge in [0.1, 0.15) is 11.8 Å². The van der Waals surface area contributed by atoms with Crippen LogP contribution < -0.4 is 10.6 Å². The van der Waals surface area contributed by atoms with E-state index in [0.717, 1.165) is 45.4 Å². The van der Waals surface area contributed by atoms with E-state index in [2.05, 4.69) is 33.7 Å². The van der Waals surface area contributed by atoms with Gasteiger partial charge in [-0.3, -0.25) is 4.79 Å². The second-order valence-corrected chi connectivity index (χ2v) is 7.67. The minimum absolute atomic E-state index is 0.0886. The molecule has 0 spiro atoms. The van der Waals surface area contributed by atoms with Crippen LogP contribution in [0.1, 0.15) is 17.5 Å². The van der Waals surface area contributed by atoms with E-state index in [0.29, 0.717) is 11.4 Å². The molecule has 1 aliphatic heterocycles. The largest absolute Gasteiger partial charge is 0.483 e. The third-order valence-corrected chi connectivity index (χ3v) is 5.65. The van der Waals surface area contributed by atoms with Crippen molar-refractivity contribution in [3.63, 3.8) is 0 Å².